The molecule has 2 aliphatic carbocycles. The molecule has 0 bridgehead atoms. The average Bonchev–Trinajstić information content (AvgIpc) is 2.28. The van der Waals surface area contributed by atoms with Crippen LogP contribution in [0, 0.1) is 11.8 Å². The monoisotopic (exact) mass is 237 g/mol. The van der Waals surface area contributed by atoms with E-state index in [4.69, 9.17) is 0 Å². The topological polar surface area (TPSA) is 12.0 Å². The lowest BCUT2D eigenvalue weighted by Crippen LogP contribution is -2.45. The summed E-state index contributed by atoms with van der Waals surface area (Å²) in [4.78, 5) is 0. The molecule has 2 fully saturated rings. The summed E-state index contributed by atoms with van der Waals surface area (Å²) in [6, 6.07) is 1.64. The van der Waals surface area contributed by atoms with E-state index in [-0.39, 0.29) is 0 Å². The third-order valence-corrected chi connectivity index (χ3v) is 5.26. The van der Waals surface area contributed by atoms with Gasteiger partial charge in [0.15, 0.2) is 0 Å². The van der Waals surface area contributed by atoms with E-state index in [1.165, 1.54) is 64.2 Å². The van der Waals surface area contributed by atoms with E-state index in [9.17, 15) is 0 Å². The summed E-state index contributed by atoms with van der Waals surface area (Å²) in [5, 5.41) is 4.01. The maximum Gasteiger partial charge on any atom is 0.00978 e. The van der Waals surface area contributed by atoms with Crippen LogP contribution in [0.25, 0.3) is 0 Å². The fraction of sp³-hybridized carbons (Fsp3) is 1.00. The Hall–Kier alpha value is -0.0400. The second-order valence-electron chi connectivity index (χ2n) is 6.58. The molecule has 0 radical (unpaired) electrons. The van der Waals surface area contributed by atoms with Crippen LogP contribution >= 0.6 is 0 Å². The molecule has 3 unspecified atom stereocenters. The largest absolute Gasteiger partial charge is 0.311 e. The van der Waals surface area contributed by atoms with E-state index in [1.807, 2.05) is 0 Å². The van der Waals surface area contributed by atoms with Crippen LogP contribution in [0.5, 0.6) is 0 Å². The highest BCUT2D eigenvalue weighted by Crippen LogP contribution is 2.30. The predicted molar refractivity (Wildman–Crippen MR) is 75.2 cm³/mol. The minimum atomic E-state index is 0.808. The van der Waals surface area contributed by atoms with Crippen molar-refractivity contribution in [3.63, 3.8) is 0 Å². The van der Waals surface area contributed by atoms with Crippen molar-refractivity contribution < 1.29 is 0 Å². The highest BCUT2D eigenvalue weighted by molar-refractivity contribution is 4.85. The molecule has 3 atom stereocenters. The van der Waals surface area contributed by atoms with Gasteiger partial charge in [-0.25, -0.2) is 0 Å². The van der Waals surface area contributed by atoms with Crippen LogP contribution in [-0.2, 0) is 0 Å². The first-order valence-corrected chi connectivity index (χ1v) is 8.03. The molecule has 1 heteroatoms. The van der Waals surface area contributed by atoms with Gasteiger partial charge in [-0.15, -0.1) is 0 Å². The normalized spacial score (nSPS) is 37.4. The lowest BCUT2D eigenvalue weighted by atomic mass is 9.77. The van der Waals surface area contributed by atoms with E-state index in [1.54, 1.807) is 0 Å². The quantitative estimate of drug-likeness (QED) is 0.745. The summed E-state index contributed by atoms with van der Waals surface area (Å²) in [6.07, 6.45) is 14.5. The second-order valence-corrected chi connectivity index (χ2v) is 6.58. The highest BCUT2D eigenvalue weighted by atomic mass is 15.0. The van der Waals surface area contributed by atoms with Gasteiger partial charge in [0.2, 0.25) is 0 Å². The van der Waals surface area contributed by atoms with Gasteiger partial charge in [-0.2, -0.15) is 0 Å². The molecule has 0 saturated heterocycles. The van der Waals surface area contributed by atoms with Gasteiger partial charge in [0.25, 0.3) is 0 Å². The van der Waals surface area contributed by atoms with Crippen molar-refractivity contribution in [2.24, 2.45) is 11.8 Å². The van der Waals surface area contributed by atoms with Crippen molar-refractivity contribution in [3.8, 4) is 0 Å². The van der Waals surface area contributed by atoms with Crippen molar-refractivity contribution >= 4 is 0 Å². The van der Waals surface area contributed by atoms with Gasteiger partial charge in [-0.05, 0) is 31.1 Å². The number of hydrogen-bond acceptors (Lipinski definition) is 1. The molecule has 2 saturated carbocycles. The third kappa shape index (κ3) is 3.98. The van der Waals surface area contributed by atoms with E-state index < -0.39 is 0 Å². The second kappa shape index (κ2) is 6.78. The van der Waals surface area contributed by atoms with Crippen LogP contribution in [0.4, 0.5) is 0 Å². The van der Waals surface area contributed by atoms with Crippen LogP contribution in [0.15, 0.2) is 0 Å². The van der Waals surface area contributed by atoms with E-state index in [0.29, 0.717) is 0 Å². The molecule has 1 N–H and O–H groups in total. The molecule has 0 heterocycles. The minimum Gasteiger partial charge on any atom is -0.311 e. The first-order chi connectivity index (χ1) is 8.27. The molecule has 17 heavy (non-hydrogen) atoms. The Labute approximate surface area is 108 Å². The van der Waals surface area contributed by atoms with Crippen molar-refractivity contribution in [3.05, 3.63) is 0 Å². The number of hydrogen-bond donors (Lipinski definition) is 1. The zero-order valence-corrected chi connectivity index (χ0v) is 11.9. The van der Waals surface area contributed by atoms with Gasteiger partial charge in [-0.3, -0.25) is 0 Å². The fourth-order valence-corrected chi connectivity index (χ4v) is 3.74. The van der Waals surface area contributed by atoms with E-state index in [2.05, 4.69) is 19.2 Å². The van der Waals surface area contributed by atoms with Crippen LogP contribution in [0.1, 0.15) is 78.1 Å². The molecule has 0 amide bonds. The first kappa shape index (κ1) is 13.4. The van der Waals surface area contributed by atoms with Gasteiger partial charge in [0.05, 0.1) is 0 Å². The van der Waals surface area contributed by atoms with Crippen LogP contribution in [0.3, 0.4) is 0 Å². The number of rotatable bonds is 2. The molecule has 2 rings (SSSR count). The molecule has 2 aliphatic rings. The maximum atomic E-state index is 4.01. The smallest absolute Gasteiger partial charge is 0.00978 e. The van der Waals surface area contributed by atoms with Crippen molar-refractivity contribution in [2.45, 2.75) is 90.1 Å². The molecule has 0 aromatic rings. The molecular weight excluding hydrogens is 206 g/mol. The lowest BCUT2D eigenvalue weighted by molar-refractivity contribution is 0.185. The Morgan fingerprint density at radius 2 is 1.35 bits per heavy atom. The summed E-state index contributed by atoms with van der Waals surface area (Å²) in [6.45, 7) is 4.90. The number of nitrogens with one attached hydrogen (secondary N) is 1. The van der Waals surface area contributed by atoms with Gasteiger partial charge in [-0.1, -0.05) is 58.8 Å². The minimum absolute atomic E-state index is 0.808. The van der Waals surface area contributed by atoms with Crippen LogP contribution < -0.4 is 5.32 Å². The Morgan fingerprint density at radius 1 is 0.706 bits per heavy atom. The standard InChI is InChI=1S/C16H31N/c1-13-9-8-12-16(14(13)2)17-15-10-6-4-3-5-7-11-15/h13-17H,3-12H2,1-2H3. The Balaban J connectivity index is 1.81. The molecule has 100 valence electrons. The zero-order chi connectivity index (χ0) is 12.1. The van der Waals surface area contributed by atoms with E-state index >= 15 is 0 Å². The Kier molecular flexibility index (Phi) is 5.34. The summed E-state index contributed by atoms with van der Waals surface area (Å²) < 4.78 is 0. The van der Waals surface area contributed by atoms with Crippen LogP contribution in [0.2, 0.25) is 0 Å². The summed E-state index contributed by atoms with van der Waals surface area (Å²) in [5.74, 6) is 1.81. The zero-order valence-electron chi connectivity index (χ0n) is 11.9. The van der Waals surface area contributed by atoms with Crippen molar-refractivity contribution in [1.29, 1.82) is 0 Å². The molecular formula is C16H31N. The molecule has 0 spiro atoms. The van der Waals surface area contributed by atoms with Gasteiger partial charge < -0.3 is 5.32 Å². The molecule has 0 aliphatic heterocycles. The molecule has 1 nitrogen and oxygen atoms in total. The van der Waals surface area contributed by atoms with Crippen molar-refractivity contribution in [2.75, 3.05) is 0 Å². The molecule has 0 aromatic heterocycles. The van der Waals surface area contributed by atoms with E-state index in [0.717, 1.165) is 23.9 Å². The highest BCUT2D eigenvalue weighted by Gasteiger charge is 2.28. The Morgan fingerprint density at radius 3 is 2.06 bits per heavy atom. The maximum absolute atomic E-state index is 4.01. The molecule has 0 aromatic carbocycles. The van der Waals surface area contributed by atoms with Crippen molar-refractivity contribution in [1.82, 2.24) is 5.32 Å². The fourth-order valence-electron chi connectivity index (χ4n) is 3.74. The predicted octanol–water partition coefficient (Wildman–Crippen LogP) is 4.51. The summed E-state index contributed by atoms with van der Waals surface area (Å²) >= 11 is 0. The lowest BCUT2D eigenvalue weighted by Gasteiger charge is -2.37. The summed E-state index contributed by atoms with van der Waals surface area (Å²) in [5.41, 5.74) is 0. The average molecular weight is 237 g/mol. The van der Waals surface area contributed by atoms with Gasteiger partial charge in [0, 0.05) is 12.1 Å². The van der Waals surface area contributed by atoms with Crippen LogP contribution in [-0.4, -0.2) is 12.1 Å². The first-order valence-electron chi connectivity index (χ1n) is 8.03. The van der Waals surface area contributed by atoms with Gasteiger partial charge >= 0.3 is 0 Å². The third-order valence-electron chi connectivity index (χ3n) is 5.26. The Bertz CT molecular complexity index is 206. The SMILES string of the molecule is CC1CCCC(NC2CCCCCCC2)C1C. The van der Waals surface area contributed by atoms with Gasteiger partial charge in [0.1, 0.15) is 0 Å². The summed E-state index contributed by atoms with van der Waals surface area (Å²) in [7, 11) is 0.